The Balaban J connectivity index is 0.000000298. The molecule has 4 rings (SSSR count). The minimum absolute atomic E-state index is 0.272. The van der Waals surface area contributed by atoms with Crippen molar-refractivity contribution >= 4 is 51.1 Å². The van der Waals surface area contributed by atoms with Gasteiger partial charge in [-0.05, 0) is 18.2 Å². The number of aromatic amines is 1. The van der Waals surface area contributed by atoms with Crippen LogP contribution in [0.1, 0.15) is 0 Å². The Morgan fingerprint density at radius 2 is 1.79 bits per heavy atom. The fourth-order valence-electron chi connectivity index (χ4n) is 2.79. The number of hydrogen-bond donors (Lipinski definition) is 4. The van der Waals surface area contributed by atoms with Crippen molar-refractivity contribution in [1.82, 2.24) is 15.0 Å². The molecule has 0 atom stereocenters. The minimum Gasteiger partial charge on any atom is -0.475 e. The van der Waals surface area contributed by atoms with Crippen LogP contribution in [0.4, 0.5) is 24.9 Å². The average molecular weight is 424 g/mol. The number of nitrogens with one attached hydrogen (secondary N) is 1. The maximum Gasteiger partial charge on any atom is 0.490 e. The van der Waals surface area contributed by atoms with Crippen molar-refractivity contribution in [2.45, 2.75) is 6.18 Å². The maximum absolute atomic E-state index is 10.6. The van der Waals surface area contributed by atoms with Crippen LogP contribution in [0.2, 0.25) is 5.02 Å². The van der Waals surface area contributed by atoms with Crippen LogP contribution in [0, 0.1) is 0 Å². The molecule has 0 amide bonds. The molecule has 2 heterocycles. The number of aliphatic carboxylic acids is 1. The Labute approximate surface area is 166 Å². The highest BCUT2D eigenvalue weighted by Gasteiger charge is 2.38. The number of aromatic nitrogens is 3. The van der Waals surface area contributed by atoms with Crippen LogP contribution >= 0.6 is 11.6 Å². The highest BCUT2D eigenvalue weighted by atomic mass is 35.5. The van der Waals surface area contributed by atoms with Crippen molar-refractivity contribution in [3.63, 3.8) is 0 Å². The molecule has 0 aliphatic carbocycles. The second kappa shape index (κ2) is 7.47. The molecule has 11 heteroatoms. The summed E-state index contributed by atoms with van der Waals surface area (Å²) in [5, 5.41) is 9.53. The van der Waals surface area contributed by atoms with Crippen molar-refractivity contribution in [2.24, 2.45) is 0 Å². The normalized spacial score (nSPS) is 11.3. The summed E-state index contributed by atoms with van der Waals surface area (Å²) in [7, 11) is 0. The number of fused-ring (bicyclic) bond motifs is 3. The summed E-state index contributed by atoms with van der Waals surface area (Å²) in [6.45, 7) is 0. The topological polar surface area (TPSA) is 131 Å². The second-order valence-corrected chi connectivity index (χ2v) is 6.25. The van der Waals surface area contributed by atoms with E-state index in [0.29, 0.717) is 10.8 Å². The van der Waals surface area contributed by atoms with E-state index >= 15 is 0 Å². The number of carboxylic acid groups (broad SMARTS) is 1. The van der Waals surface area contributed by atoms with Crippen molar-refractivity contribution in [2.75, 3.05) is 11.5 Å². The van der Waals surface area contributed by atoms with Gasteiger partial charge in [-0.1, -0.05) is 29.8 Å². The van der Waals surface area contributed by atoms with Gasteiger partial charge in [0.05, 0.1) is 11.0 Å². The van der Waals surface area contributed by atoms with Gasteiger partial charge >= 0.3 is 12.1 Å². The molecular weight excluding hydrogens is 411 g/mol. The van der Waals surface area contributed by atoms with Crippen molar-refractivity contribution in [3.8, 4) is 11.1 Å². The van der Waals surface area contributed by atoms with Gasteiger partial charge in [0.15, 0.2) is 5.95 Å². The van der Waals surface area contributed by atoms with E-state index in [9.17, 15) is 13.2 Å². The average Bonchev–Trinajstić information content (AvgIpc) is 3.10. The summed E-state index contributed by atoms with van der Waals surface area (Å²) in [4.78, 5) is 20.5. The Bertz CT molecular complexity index is 1220. The van der Waals surface area contributed by atoms with Crippen LogP contribution in [0.5, 0.6) is 0 Å². The van der Waals surface area contributed by atoms with Gasteiger partial charge in [-0.15, -0.1) is 0 Å². The highest BCUT2D eigenvalue weighted by Crippen LogP contribution is 2.38. The lowest BCUT2D eigenvalue weighted by molar-refractivity contribution is -0.192. The summed E-state index contributed by atoms with van der Waals surface area (Å²) in [6, 6.07) is 11.5. The number of nitrogens with zero attached hydrogens (tertiary/aromatic N) is 2. The lowest BCUT2D eigenvalue weighted by Gasteiger charge is -2.10. The molecule has 0 fully saturated rings. The molecule has 4 aromatic rings. The summed E-state index contributed by atoms with van der Waals surface area (Å²) in [5.41, 5.74) is 15.3. The van der Waals surface area contributed by atoms with Crippen molar-refractivity contribution in [3.05, 3.63) is 47.6 Å². The van der Waals surface area contributed by atoms with E-state index in [4.69, 9.17) is 33.0 Å². The number of carbonyl (C=O) groups is 1. The van der Waals surface area contributed by atoms with Gasteiger partial charge in [0.25, 0.3) is 0 Å². The zero-order valence-electron chi connectivity index (χ0n) is 14.5. The van der Waals surface area contributed by atoms with Crippen LogP contribution < -0.4 is 11.5 Å². The third kappa shape index (κ3) is 4.02. The van der Waals surface area contributed by atoms with Crippen molar-refractivity contribution < 1.29 is 23.1 Å². The monoisotopic (exact) mass is 423 g/mol. The first kappa shape index (κ1) is 20.2. The number of H-pyrrole nitrogens is 1. The quantitative estimate of drug-likeness (QED) is 0.362. The van der Waals surface area contributed by atoms with Crippen LogP contribution in [0.3, 0.4) is 0 Å². The van der Waals surface area contributed by atoms with Crippen LogP contribution in [0.25, 0.3) is 32.9 Å². The zero-order valence-corrected chi connectivity index (χ0v) is 15.2. The zero-order chi connectivity index (χ0) is 21.3. The standard InChI is InChI=1S/C16H12ClN5.C2HF3O2/c17-11-4-2-1-3-8(11)10-7-12-13(9-5-6-20-14(9)10)15(18)22-16(19)21-12;3-2(4,5)1(6)7/h1-7H,18H2,(H3,19,21,22);(H,6,7). The lowest BCUT2D eigenvalue weighted by atomic mass is 10.00. The van der Waals surface area contributed by atoms with E-state index in [0.717, 1.165) is 32.9 Å². The SMILES string of the molecule is Nc1nc(N)c2c(cc(-c3ccccc3Cl)c3nccc32)[nH]1.O=C(O)C(F)(F)F. The number of halogens is 4. The summed E-state index contributed by atoms with van der Waals surface area (Å²) in [5.74, 6) is -2.10. The predicted octanol–water partition coefficient (Wildman–Crippen LogP) is 4.23. The molecule has 2 aromatic carbocycles. The molecule has 0 saturated carbocycles. The molecule has 0 radical (unpaired) electrons. The molecule has 0 bridgehead atoms. The molecule has 29 heavy (non-hydrogen) atoms. The predicted molar refractivity (Wildman–Crippen MR) is 104 cm³/mol. The third-order valence-electron chi connectivity index (χ3n) is 3.95. The van der Waals surface area contributed by atoms with E-state index in [1.807, 2.05) is 36.4 Å². The molecule has 0 aliphatic heterocycles. The van der Waals surface area contributed by atoms with Gasteiger partial charge in [-0.25, -0.2) is 4.79 Å². The molecule has 6 N–H and O–H groups in total. The van der Waals surface area contributed by atoms with E-state index in [1.54, 1.807) is 6.20 Å². The fraction of sp³-hybridized carbons (Fsp3) is 0.0556. The van der Waals surface area contributed by atoms with Crippen LogP contribution in [-0.2, 0) is 4.79 Å². The Morgan fingerprint density at radius 1 is 1.14 bits per heavy atom. The third-order valence-corrected chi connectivity index (χ3v) is 4.28. The number of nitrogens with two attached hydrogens (primary N) is 2. The van der Waals surface area contributed by atoms with Gasteiger partial charge in [-0.3, -0.25) is 4.98 Å². The summed E-state index contributed by atoms with van der Waals surface area (Å²) in [6.07, 6.45) is -3.33. The van der Waals surface area contributed by atoms with E-state index < -0.39 is 12.1 Å². The molecule has 7 nitrogen and oxygen atoms in total. The second-order valence-electron chi connectivity index (χ2n) is 5.84. The lowest BCUT2D eigenvalue weighted by Crippen LogP contribution is -2.21. The number of nitrogen functional groups attached to an aromatic ring is 2. The van der Waals surface area contributed by atoms with E-state index in [2.05, 4.69) is 15.0 Å². The fourth-order valence-corrected chi connectivity index (χ4v) is 3.03. The first-order valence-corrected chi connectivity index (χ1v) is 8.34. The highest BCUT2D eigenvalue weighted by molar-refractivity contribution is 6.34. The summed E-state index contributed by atoms with van der Waals surface area (Å²) < 4.78 is 31.7. The number of alkyl halides is 3. The maximum atomic E-state index is 10.6. The minimum atomic E-state index is -5.08. The van der Waals surface area contributed by atoms with Crippen LogP contribution in [0.15, 0.2) is 42.6 Å². The van der Waals surface area contributed by atoms with Gasteiger partial charge in [0, 0.05) is 33.1 Å². The largest absolute Gasteiger partial charge is 0.490 e. The Morgan fingerprint density at radius 3 is 2.41 bits per heavy atom. The molecule has 2 aromatic heterocycles. The molecule has 0 aliphatic rings. The molecule has 0 saturated heterocycles. The Kier molecular flexibility index (Phi) is 5.21. The van der Waals surface area contributed by atoms with Gasteiger partial charge in [-0.2, -0.15) is 18.2 Å². The number of hydrogen-bond acceptors (Lipinski definition) is 5. The molecule has 0 spiro atoms. The van der Waals surface area contributed by atoms with Gasteiger partial charge in [0.2, 0.25) is 0 Å². The first-order chi connectivity index (χ1) is 13.6. The van der Waals surface area contributed by atoms with E-state index in [-0.39, 0.29) is 5.95 Å². The van der Waals surface area contributed by atoms with E-state index in [1.165, 1.54) is 0 Å². The molecule has 150 valence electrons. The number of rotatable bonds is 1. The molecular formula is C18H13ClF3N5O2. The van der Waals surface area contributed by atoms with Crippen LogP contribution in [-0.4, -0.2) is 32.2 Å². The number of carboxylic acids is 1. The van der Waals surface area contributed by atoms with Gasteiger partial charge in [0.1, 0.15) is 5.82 Å². The Hall–Kier alpha value is -3.53. The number of benzene rings is 2. The first-order valence-electron chi connectivity index (χ1n) is 7.97. The number of anilines is 2. The molecule has 0 unspecified atom stereocenters. The summed E-state index contributed by atoms with van der Waals surface area (Å²) >= 11 is 6.34. The van der Waals surface area contributed by atoms with Crippen molar-refractivity contribution in [1.29, 1.82) is 0 Å². The smallest absolute Gasteiger partial charge is 0.475 e. The van der Waals surface area contributed by atoms with Gasteiger partial charge < -0.3 is 21.6 Å².